The highest BCUT2D eigenvalue weighted by atomic mass is 35.9. The van der Waals surface area contributed by atoms with E-state index in [2.05, 4.69) is 0 Å². The van der Waals surface area contributed by atoms with Gasteiger partial charge in [-0.25, -0.2) is 0 Å². The number of nitrogens with zero attached hydrogens (tertiary/aromatic N) is 1. The van der Waals surface area contributed by atoms with E-state index in [4.69, 9.17) is 22.5 Å². The van der Waals surface area contributed by atoms with Crippen molar-refractivity contribution in [1.29, 1.82) is 0 Å². The molecule has 0 spiro atoms. The number of ketones is 1. The lowest BCUT2D eigenvalue weighted by molar-refractivity contribution is -0.0889. The van der Waals surface area contributed by atoms with Crippen LogP contribution in [0.3, 0.4) is 0 Å². The van der Waals surface area contributed by atoms with Crippen LogP contribution in [0.2, 0.25) is 0 Å². The van der Waals surface area contributed by atoms with Crippen molar-refractivity contribution >= 4 is 40.3 Å². The summed E-state index contributed by atoms with van der Waals surface area (Å²) in [5.41, 5.74) is 0.789. The summed E-state index contributed by atoms with van der Waals surface area (Å²) >= 11 is 10.7. The lowest BCUT2D eigenvalue weighted by atomic mass is 9.98. The number of rotatable bonds is 3. The second-order valence-corrected chi connectivity index (χ2v) is 9.54. The molecule has 21 heavy (non-hydrogen) atoms. The third-order valence-electron chi connectivity index (χ3n) is 3.22. The molecule has 3 nitrogen and oxygen atoms in total. The largest absolute Gasteiger partial charge is 0.456 e. The molecular formula is C12H11Cl2F3NO2P. The number of carbonyl (C=O) groups is 1. The predicted octanol–water partition coefficient (Wildman–Crippen LogP) is 5.21. The zero-order valence-electron chi connectivity index (χ0n) is 10.7. The second-order valence-electron chi connectivity index (χ2n) is 4.71. The van der Waals surface area contributed by atoms with Crippen LogP contribution in [-0.2, 0) is 17.4 Å². The Morgan fingerprint density at radius 2 is 1.90 bits per heavy atom. The van der Waals surface area contributed by atoms with Gasteiger partial charge in [0.15, 0.2) is 0 Å². The molecule has 0 aromatic carbocycles. The zero-order chi connectivity index (χ0) is 15.8. The number of fused-ring (bicyclic) bond motifs is 1. The van der Waals surface area contributed by atoms with E-state index in [0.717, 1.165) is 29.4 Å². The lowest BCUT2D eigenvalue weighted by Crippen LogP contribution is -2.25. The van der Waals surface area contributed by atoms with Crippen LogP contribution in [0.15, 0.2) is 11.9 Å². The van der Waals surface area contributed by atoms with E-state index >= 15 is 0 Å². The van der Waals surface area contributed by atoms with Gasteiger partial charge in [0.05, 0.1) is 5.69 Å². The normalized spacial score (nSPS) is 16.2. The van der Waals surface area contributed by atoms with E-state index in [0.29, 0.717) is 24.1 Å². The molecule has 1 aliphatic rings. The minimum absolute atomic E-state index is 0.507. The summed E-state index contributed by atoms with van der Waals surface area (Å²) in [6.07, 6.45) is -1.08. The van der Waals surface area contributed by atoms with Crippen molar-refractivity contribution in [3.05, 3.63) is 28.8 Å². The molecule has 2 rings (SSSR count). The maximum Gasteiger partial charge on any atom is 0.456 e. The number of hydrogen-bond acceptors (Lipinski definition) is 2. The fourth-order valence-corrected chi connectivity index (χ4v) is 2.95. The number of alkyl halides is 3. The number of carbonyl (C=O) groups excluding carboxylic acids is 1. The molecule has 9 heteroatoms. The van der Waals surface area contributed by atoms with E-state index in [1.54, 1.807) is 0 Å². The first-order valence-electron chi connectivity index (χ1n) is 6.12. The highest BCUT2D eigenvalue weighted by molar-refractivity contribution is 8.10. The first-order chi connectivity index (χ1) is 9.59. The van der Waals surface area contributed by atoms with Crippen molar-refractivity contribution in [3.8, 4) is 0 Å². The Morgan fingerprint density at radius 3 is 2.48 bits per heavy atom. The fourth-order valence-electron chi connectivity index (χ4n) is 2.36. The molecule has 0 bridgehead atoms. The van der Waals surface area contributed by atoms with Crippen LogP contribution in [0.5, 0.6) is 0 Å². The van der Waals surface area contributed by atoms with Gasteiger partial charge in [-0.2, -0.15) is 13.2 Å². The standard InChI is InChI=1S/C12H11Cl2F3NO2P/c13-21(14,20)6-5-18-9-4-2-1-3-8(9)7-10(18)11(19)12(15,16)17/h5-7H,1-4H2/b6-5-. The van der Waals surface area contributed by atoms with Crippen molar-refractivity contribution in [3.63, 3.8) is 0 Å². The van der Waals surface area contributed by atoms with E-state index in [9.17, 15) is 22.5 Å². The van der Waals surface area contributed by atoms with Gasteiger partial charge in [0.1, 0.15) is 0 Å². The highest BCUT2D eigenvalue weighted by Crippen LogP contribution is 2.58. The van der Waals surface area contributed by atoms with Crippen molar-refractivity contribution in [1.82, 2.24) is 4.57 Å². The van der Waals surface area contributed by atoms with Crippen molar-refractivity contribution in [2.75, 3.05) is 0 Å². The number of Topliss-reactive ketones (excluding diaryl/α,β-unsaturated/α-hetero) is 1. The van der Waals surface area contributed by atoms with Crippen LogP contribution in [0.4, 0.5) is 13.2 Å². The molecular weight excluding hydrogens is 349 g/mol. The average Bonchev–Trinajstić information content (AvgIpc) is 2.71. The second kappa shape index (κ2) is 5.82. The van der Waals surface area contributed by atoms with E-state index in [-0.39, 0.29) is 0 Å². The molecule has 0 fully saturated rings. The van der Waals surface area contributed by atoms with Gasteiger partial charge in [0, 0.05) is 17.7 Å². The summed E-state index contributed by atoms with van der Waals surface area (Å²) in [7, 11) is 0. The first-order valence-corrected chi connectivity index (χ1v) is 9.71. The maximum atomic E-state index is 12.7. The summed E-state index contributed by atoms with van der Waals surface area (Å²) in [4.78, 5) is 11.5. The van der Waals surface area contributed by atoms with Crippen LogP contribution >= 0.6 is 28.3 Å². The Bertz CT molecular complexity index is 646. The Balaban J connectivity index is 2.54. The third kappa shape index (κ3) is 3.93. The van der Waals surface area contributed by atoms with Gasteiger partial charge in [-0.3, -0.25) is 9.36 Å². The Morgan fingerprint density at radius 1 is 1.29 bits per heavy atom. The van der Waals surface area contributed by atoms with Gasteiger partial charge >= 0.3 is 6.18 Å². The highest BCUT2D eigenvalue weighted by Gasteiger charge is 2.41. The van der Waals surface area contributed by atoms with Gasteiger partial charge in [-0.1, -0.05) is 0 Å². The summed E-state index contributed by atoms with van der Waals surface area (Å²) in [6.45, 7) is 0. The Labute approximate surface area is 128 Å². The van der Waals surface area contributed by atoms with Gasteiger partial charge in [-0.15, -0.1) is 0 Å². The van der Waals surface area contributed by atoms with Crippen LogP contribution in [0.25, 0.3) is 6.20 Å². The molecule has 0 saturated heterocycles. The summed E-state index contributed by atoms with van der Waals surface area (Å²) in [5, 5.41) is 0. The fraction of sp³-hybridized carbons (Fsp3) is 0.417. The molecule has 116 valence electrons. The molecule has 0 aliphatic heterocycles. The van der Waals surface area contributed by atoms with Crippen LogP contribution in [0.1, 0.15) is 34.6 Å². The van der Waals surface area contributed by atoms with Gasteiger partial charge in [-0.05, 0) is 59.8 Å². The minimum atomic E-state index is -4.97. The summed E-state index contributed by atoms with van der Waals surface area (Å²) < 4.78 is 50.4. The smallest absolute Gasteiger partial charge is 0.317 e. The molecule has 0 unspecified atom stereocenters. The molecule has 1 aromatic rings. The number of halogens is 5. The van der Waals surface area contributed by atoms with Crippen LogP contribution in [-0.4, -0.2) is 16.5 Å². The topological polar surface area (TPSA) is 39.1 Å². The molecule has 1 heterocycles. The molecule has 0 saturated carbocycles. The molecule has 0 N–H and O–H groups in total. The van der Waals surface area contributed by atoms with Gasteiger partial charge in [0.2, 0.25) is 0 Å². The quantitative estimate of drug-likeness (QED) is 0.548. The predicted molar refractivity (Wildman–Crippen MR) is 76.1 cm³/mol. The zero-order valence-corrected chi connectivity index (χ0v) is 13.1. The van der Waals surface area contributed by atoms with E-state index < -0.39 is 23.5 Å². The number of aromatic nitrogens is 1. The molecule has 0 radical (unpaired) electrons. The number of hydrogen-bond donors (Lipinski definition) is 0. The Kier molecular flexibility index (Phi) is 4.62. The van der Waals surface area contributed by atoms with Crippen molar-refractivity contribution < 1.29 is 22.5 Å². The van der Waals surface area contributed by atoms with Gasteiger partial charge < -0.3 is 4.57 Å². The molecule has 1 aromatic heterocycles. The molecule has 0 atom stereocenters. The SMILES string of the molecule is O=C(c1cc2c(n1/C=C\P(=O)(Cl)Cl)CCCC2)C(F)(F)F. The first kappa shape index (κ1) is 16.7. The van der Waals surface area contributed by atoms with Crippen LogP contribution < -0.4 is 0 Å². The lowest BCUT2D eigenvalue weighted by Gasteiger charge is -2.14. The summed E-state index contributed by atoms with van der Waals surface area (Å²) in [6, 6.07) is 1.24. The molecule has 0 amide bonds. The summed E-state index contributed by atoms with van der Waals surface area (Å²) in [5.74, 6) is -4.61. The van der Waals surface area contributed by atoms with E-state index in [1.165, 1.54) is 6.07 Å². The number of aryl methyl sites for hydroxylation is 1. The maximum absolute atomic E-state index is 12.7. The van der Waals surface area contributed by atoms with E-state index in [1.807, 2.05) is 0 Å². The third-order valence-corrected chi connectivity index (χ3v) is 4.38. The average molecular weight is 360 g/mol. The Hall–Kier alpha value is -0.710. The molecule has 1 aliphatic carbocycles. The van der Waals surface area contributed by atoms with Gasteiger partial charge in [0.25, 0.3) is 11.6 Å². The minimum Gasteiger partial charge on any atom is -0.317 e. The van der Waals surface area contributed by atoms with Crippen LogP contribution in [0, 0.1) is 0 Å². The monoisotopic (exact) mass is 359 g/mol. The van der Waals surface area contributed by atoms with Crippen molar-refractivity contribution in [2.45, 2.75) is 31.9 Å². The van der Waals surface area contributed by atoms with Crippen molar-refractivity contribution in [2.24, 2.45) is 0 Å².